The molecule has 0 bridgehead atoms. The van der Waals surface area contributed by atoms with Gasteiger partial charge < -0.3 is 29.2 Å². The molecule has 71 heavy (non-hydrogen) atoms. The molecule has 9 rings (SSSR count). The van der Waals surface area contributed by atoms with Crippen LogP contribution in [0.15, 0.2) is 95.7 Å². The number of amides is 2. The number of carbonyl (C=O) groups is 2. The average Bonchev–Trinajstić information content (AvgIpc) is 3.93. The van der Waals surface area contributed by atoms with Gasteiger partial charge in [0.05, 0.1) is 52.0 Å². The van der Waals surface area contributed by atoms with E-state index < -0.39 is 37.5 Å². The van der Waals surface area contributed by atoms with Gasteiger partial charge in [-0.2, -0.15) is 5.10 Å². The van der Waals surface area contributed by atoms with Crippen LogP contribution in [0.1, 0.15) is 49.0 Å². The zero-order chi connectivity index (χ0) is 50.2. The number of nitrogens with zero attached hydrogens (tertiary/aromatic N) is 8. The fourth-order valence-electron chi connectivity index (χ4n) is 9.78. The van der Waals surface area contributed by atoms with Gasteiger partial charge in [0.1, 0.15) is 17.8 Å². The number of nitro benzene ring substituents is 1. The van der Waals surface area contributed by atoms with Crippen LogP contribution in [0.2, 0.25) is 10.6 Å². The molecule has 2 atom stereocenters. The minimum Gasteiger partial charge on any atom is -0.484 e. The van der Waals surface area contributed by atoms with E-state index in [2.05, 4.69) is 50.6 Å². The van der Waals surface area contributed by atoms with Gasteiger partial charge >= 0.3 is 5.69 Å². The Morgan fingerprint density at radius 1 is 1.04 bits per heavy atom. The van der Waals surface area contributed by atoms with Crippen LogP contribution < -0.4 is 14.4 Å². The fourth-order valence-corrected chi connectivity index (χ4v) is 11.7. The smallest absolute Gasteiger partial charge is 0.312 e. The minimum absolute atomic E-state index is 0.00881. The van der Waals surface area contributed by atoms with Gasteiger partial charge in [0, 0.05) is 84.4 Å². The number of hydrogen-bond donors (Lipinski definition) is 2. The van der Waals surface area contributed by atoms with Crippen LogP contribution in [0, 0.1) is 15.5 Å². The van der Waals surface area contributed by atoms with Crippen molar-refractivity contribution in [2.45, 2.75) is 49.7 Å². The number of benzene rings is 3. The molecular weight excluding hydrogens is 964 g/mol. The van der Waals surface area contributed by atoms with Crippen molar-refractivity contribution in [2.75, 3.05) is 84.6 Å². The highest BCUT2D eigenvalue weighted by Gasteiger charge is 2.32. The third kappa shape index (κ3) is 11.2. The van der Waals surface area contributed by atoms with Gasteiger partial charge in [0.15, 0.2) is 5.75 Å². The zero-order valence-corrected chi connectivity index (χ0v) is 44.1. The summed E-state index contributed by atoms with van der Waals surface area (Å²) >= 11 is 6.27. The molecule has 2 N–H and O–H groups in total. The maximum absolute atomic E-state index is 14.3. The Morgan fingerprint density at radius 2 is 1.82 bits per heavy atom. The van der Waals surface area contributed by atoms with Crippen molar-refractivity contribution in [3.8, 4) is 11.4 Å². The molecule has 0 saturated carbocycles. The van der Waals surface area contributed by atoms with Gasteiger partial charge in [0.25, 0.3) is 15.9 Å². The molecule has 2 amide bonds. The highest BCUT2D eigenvalue weighted by Crippen LogP contribution is 2.43. The van der Waals surface area contributed by atoms with Gasteiger partial charge in [-0.15, -0.1) is 0 Å². The number of aromatic amines is 1. The Morgan fingerprint density at radius 3 is 2.56 bits per heavy atom. The van der Waals surface area contributed by atoms with Crippen LogP contribution in [0.4, 0.5) is 11.4 Å². The van der Waals surface area contributed by atoms with Crippen molar-refractivity contribution in [2.24, 2.45) is 5.41 Å². The van der Waals surface area contributed by atoms with Gasteiger partial charge in [-0.05, 0) is 110 Å². The summed E-state index contributed by atoms with van der Waals surface area (Å²) in [5, 5.41) is 18.6. The Balaban J connectivity index is 0.940. The van der Waals surface area contributed by atoms with Crippen molar-refractivity contribution in [1.82, 2.24) is 39.2 Å². The maximum atomic E-state index is 14.3. The molecule has 1 unspecified atom stereocenters. The van der Waals surface area contributed by atoms with Crippen molar-refractivity contribution in [1.29, 1.82) is 0 Å². The van der Waals surface area contributed by atoms with Gasteiger partial charge in [0.2, 0.25) is 5.91 Å². The maximum Gasteiger partial charge on any atom is 0.312 e. The molecule has 6 aromatic rings. The minimum atomic E-state index is -4.67. The van der Waals surface area contributed by atoms with Gasteiger partial charge in [-0.25, -0.2) is 22.8 Å². The second kappa shape index (κ2) is 20.5. The van der Waals surface area contributed by atoms with E-state index in [0.717, 1.165) is 67.1 Å². The average molecular weight is 1020 g/mol. The second-order valence-corrected chi connectivity index (χ2v) is 23.5. The molecule has 3 aliphatic rings. The topological polar surface area (TPSA) is 201 Å². The van der Waals surface area contributed by atoms with Crippen LogP contribution >= 0.6 is 11.6 Å². The summed E-state index contributed by atoms with van der Waals surface area (Å²) in [6, 6.07) is 20.4. The number of hydrogen-bond acceptors (Lipinski definition) is 13. The lowest BCUT2D eigenvalue weighted by Gasteiger charge is -2.39. The lowest BCUT2D eigenvalue weighted by Crippen LogP contribution is -2.47. The summed E-state index contributed by atoms with van der Waals surface area (Å²) in [5.74, 6) is -1.13. The van der Waals surface area contributed by atoms with E-state index in [1.54, 1.807) is 39.0 Å². The summed E-state index contributed by atoms with van der Waals surface area (Å²) in [6.45, 7) is 9.97. The third-order valence-corrected chi connectivity index (χ3v) is 16.4. The molecule has 5 heterocycles. The molecule has 18 nitrogen and oxygen atoms in total. The Kier molecular flexibility index (Phi) is 14.4. The van der Waals surface area contributed by atoms with E-state index in [1.165, 1.54) is 22.8 Å². The van der Waals surface area contributed by atoms with Crippen LogP contribution in [0.5, 0.6) is 5.75 Å². The monoisotopic (exact) mass is 1020 g/mol. The standard InChI is InChI=1S/C50H59ClN10O8SSi/c1-50(2)15-13-34(39(26-50)32-5-7-35(51)8-6-32)28-57-17-19-58(20-18-57)36-9-11-38(41(24-36)60-42-23-33-14-16-52-48(33)54-40(42)27-53-60)49(63)55-70(66,67)37-10-12-44(43(25-37)61(64)65)69-31-45-46(71)29-59(21-22-68-45)47(62)30-56(3)4/h5-12,14,16,23-25,27,45-46H,13,15,17-22,26,28-31H2,1-4,71H3,(H,52,54)(H,55,63)/t45-,46?/m1/s1. The van der Waals surface area contributed by atoms with Crippen LogP contribution in [-0.2, 0) is 19.6 Å². The number of H-pyrrole nitrogens is 1. The van der Waals surface area contributed by atoms with Gasteiger partial charge in [-0.1, -0.05) is 43.2 Å². The van der Waals surface area contributed by atoms with Crippen molar-refractivity contribution in [3.63, 3.8) is 0 Å². The molecule has 0 spiro atoms. The number of ether oxygens (including phenoxy) is 2. The van der Waals surface area contributed by atoms with E-state index in [4.69, 9.17) is 26.1 Å². The second-order valence-electron chi connectivity index (χ2n) is 19.9. The first kappa shape index (κ1) is 49.8. The van der Waals surface area contributed by atoms with E-state index in [0.29, 0.717) is 58.8 Å². The first-order chi connectivity index (χ1) is 33.9. The number of likely N-dealkylation sites (N-methyl/N-ethyl adjacent to an activating group) is 1. The number of carbonyl (C=O) groups excluding carboxylic acids is 2. The SMILES string of the molecule is CN(C)CC(=O)N1CCO[C@H](COc2ccc(S(=O)(=O)NC(=O)c3ccc(N4CCN(CC5=C(c6ccc(Cl)cc6)CC(C)(C)CC5)CC4)cc3-n3ncc4nc5[nH]ccc5cc43)cc2[N+](=O)[O-])C([SiH3])C1. The number of sulfonamides is 1. The lowest BCUT2D eigenvalue weighted by molar-refractivity contribution is -0.386. The first-order valence-electron chi connectivity index (χ1n) is 23.8. The number of fused-ring (bicyclic) bond motifs is 2. The molecule has 3 aromatic carbocycles. The van der Waals surface area contributed by atoms with E-state index >= 15 is 0 Å². The lowest BCUT2D eigenvalue weighted by atomic mass is 9.72. The largest absolute Gasteiger partial charge is 0.484 e. The van der Waals surface area contributed by atoms with Crippen molar-refractivity contribution >= 4 is 82.7 Å². The number of nitro groups is 1. The van der Waals surface area contributed by atoms with Crippen molar-refractivity contribution < 1.29 is 32.4 Å². The summed E-state index contributed by atoms with van der Waals surface area (Å²) in [6.07, 6.45) is 6.10. The number of halogens is 1. The Hall–Kier alpha value is -6.16. The molecule has 0 radical (unpaired) electrons. The molecule has 1 aliphatic carbocycles. The molecule has 2 saturated heterocycles. The van der Waals surface area contributed by atoms with Gasteiger partial charge in [-0.3, -0.25) is 24.6 Å². The highest BCUT2D eigenvalue weighted by atomic mass is 35.5. The first-order valence-corrected chi connectivity index (χ1v) is 26.9. The summed E-state index contributed by atoms with van der Waals surface area (Å²) in [7, 11) is -0.355. The fraction of sp³-hybridized carbons (Fsp3) is 0.400. The van der Waals surface area contributed by atoms with Crippen molar-refractivity contribution in [3.05, 3.63) is 117 Å². The molecule has 3 aromatic heterocycles. The van der Waals surface area contributed by atoms with Crippen LogP contribution in [-0.4, -0.2) is 156 Å². The predicted octanol–water partition coefficient (Wildman–Crippen LogP) is 5.69. The van der Waals surface area contributed by atoms with E-state index in [9.17, 15) is 28.1 Å². The zero-order valence-electron chi connectivity index (χ0n) is 40.6. The molecular formula is C50H59ClN10O8SSi. The Bertz CT molecular complexity index is 3130. The Labute approximate surface area is 420 Å². The predicted molar refractivity (Wildman–Crippen MR) is 277 cm³/mol. The highest BCUT2D eigenvalue weighted by molar-refractivity contribution is 7.90. The number of allylic oxidation sites excluding steroid dienone is 1. The number of anilines is 1. The molecule has 2 fully saturated rings. The number of aromatic nitrogens is 4. The number of nitrogens with one attached hydrogen (secondary N) is 2. The third-order valence-electron chi connectivity index (χ3n) is 13.8. The van der Waals surface area contributed by atoms with E-state index in [1.807, 2.05) is 44.4 Å². The summed E-state index contributed by atoms with van der Waals surface area (Å²) in [5.41, 5.74) is 6.66. The number of piperazine rings is 1. The van der Waals surface area contributed by atoms with E-state index in [-0.39, 0.29) is 47.9 Å². The molecule has 2 aliphatic heterocycles. The number of rotatable bonds is 14. The van der Waals surface area contributed by atoms with Crippen LogP contribution in [0.3, 0.4) is 0 Å². The number of pyridine rings is 1. The normalized spacial score (nSPS) is 19.1. The summed E-state index contributed by atoms with van der Waals surface area (Å²) < 4.78 is 43.7. The van der Waals surface area contributed by atoms with Crippen LogP contribution in [0.25, 0.3) is 33.3 Å². The quantitative estimate of drug-likeness (QED) is 0.0767. The summed E-state index contributed by atoms with van der Waals surface area (Å²) in [4.78, 5) is 54.4. The molecule has 374 valence electrons. The molecule has 21 heteroatoms.